The molecule has 1 aliphatic rings. The topological polar surface area (TPSA) is 115 Å². The molecule has 3 rings (SSSR count). The van der Waals surface area contributed by atoms with Gasteiger partial charge in [0.05, 0.1) is 29.8 Å². The lowest BCUT2D eigenvalue weighted by atomic mass is 10.1. The number of nitrogens with zero attached hydrogens (tertiary/aromatic N) is 1. The van der Waals surface area contributed by atoms with E-state index in [1.54, 1.807) is 45.0 Å². The van der Waals surface area contributed by atoms with Crippen molar-refractivity contribution >= 4 is 29.3 Å². The SMILES string of the molecule is CCOC(=O)c1c(C)[nH]c(C)c1C(=O)COC(=O)CCN1C(=O)COc2ccccc21. The van der Waals surface area contributed by atoms with Crippen molar-refractivity contribution < 1.29 is 33.4 Å². The van der Waals surface area contributed by atoms with Crippen LogP contribution in [0.5, 0.6) is 5.75 Å². The number of Topliss-reactive ketones (excluding diaryl/α,β-unsaturated/α-hetero) is 1. The maximum absolute atomic E-state index is 12.6. The number of benzene rings is 1. The predicted octanol–water partition coefficient (Wildman–Crippen LogP) is 2.35. The van der Waals surface area contributed by atoms with Crippen LogP contribution in [-0.4, -0.2) is 55.0 Å². The Morgan fingerprint density at radius 1 is 1.10 bits per heavy atom. The number of hydrogen-bond acceptors (Lipinski definition) is 7. The van der Waals surface area contributed by atoms with E-state index < -0.39 is 24.3 Å². The molecule has 1 amide bonds. The molecule has 0 fully saturated rings. The highest BCUT2D eigenvalue weighted by Gasteiger charge is 2.27. The van der Waals surface area contributed by atoms with Crippen molar-refractivity contribution in [2.45, 2.75) is 27.2 Å². The molecule has 2 aromatic rings. The summed E-state index contributed by atoms with van der Waals surface area (Å²) in [5, 5.41) is 0. The molecule has 0 aliphatic carbocycles. The second kappa shape index (κ2) is 9.46. The molecule has 0 bridgehead atoms. The summed E-state index contributed by atoms with van der Waals surface area (Å²) in [6, 6.07) is 7.04. The molecule has 31 heavy (non-hydrogen) atoms. The quantitative estimate of drug-likeness (QED) is 0.507. The monoisotopic (exact) mass is 428 g/mol. The number of nitrogens with one attached hydrogen (secondary N) is 1. The molecule has 164 valence electrons. The van der Waals surface area contributed by atoms with Gasteiger partial charge < -0.3 is 24.1 Å². The minimum absolute atomic E-state index is 0.0940. The number of aryl methyl sites for hydroxylation is 2. The summed E-state index contributed by atoms with van der Waals surface area (Å²) in [5.41, 5.74) is 1.89. The molecule has 0 saturated heterocycles. The predicted molar refractivity (Wildman–Crippen MR) is 110 cm³/mol. The number of hydrogen-bond donors (Lipinski definition) is 1. The Hall–Kier alpha value is -3.62. The molecule has 1 aliphatic heterocycles. The van der Waals surface area contributed by atoms with Crippen molar-refractivity contribution in [3.8, 4) is 5.75 Å². The van der Waals surface area contributed by atoms with E-state index in [2.05, 4.69) is 4.98 Å². The second-order valence-corrected chi connectivity index (χ2v) is 6.98. The van der Waals surface area contributed by atoms with Gasteiger partial charge in [-0.1, -0.05) is 12.1 Å². The third kappa shape index (κ3) is 4.76. The van der Waals surface area contributed by atoms with E-state index >= 15 is 0 Å². The molecular weight excluding hydrogens is 404 g/mol. The number of ether oxygens (including phenoxy) is 3. The summed E-state index contributed by atoms with van der Waals surface area (Å²) in [6.07, 6.45) is -0.0940. The van der Waals surface area contributed by atoms with E-state index in [9.17, 15) is 19.2 Å². The Balaban J connectivity index is 1.60. The molecule has 9 nitrogen and oxygen atoms in total. The molecule has 0 unspecified atom stereocenters. The van der Waals surface area contributed by atoms with Crippen molar-refractivity contribution in [3.63, 3.8) is 0 Å². The van der Waals surface area contributed by atoms with Crippen LogP contribution in [0.2, 0.25) is 0 Å². The van der Waals surface area contributed by atoms with Gasteiger partial charge >= 0.3 is 11.9 Å². The number of rotatable bonds is 8. The first-order valence-corrected chi connectivity index (χ1v) is 9.90. The highest BCUT2D eigenvalue weighted by molar-refractivity contribution is 6.09. The number of aromatic amines is 1. The van der Waals surface area contributed by atoms with Gasteiger partial charge in [0.2, 0.25) is 5.78 Å². The first-order valence-electron chi connectivity index (χ1n) is 9.90. The zero-order valence-corrected chi connectivity index (χ0v) is 17.6. The van der Waals surface area contributed by atoms with Gasteiger partial charge in [0.15, 0.2) is 13.2 Å². The molecule has 9 heteroatoms. The van der Waals surface area contributed by atoms with E-state index in [1.807, 2.05) is 0 Å². The fourth-order valence-electron chi connectivity index (χ4n) is 3.48. The van der Waals surface area contributed by atoms with Crippen LogP contribution in [0, 0.1) is 13.8 Å². The van der Waals surface area contributed by atoms with E-state index in [-0.39, 0.29) is 43.2 Å². The van der Waals surface area contributed by atoms with Gasteiger partial charge in [-0.3, -0.25) is 14.4 Å². The molecule has 0 radical (unpaired) electrons. The van der Waals surface area contributed by atoms with E-state index in [0.717, 1.165) is 0 Å². The highest BCUT2D eigenvalue weighted by atomic mass is 16.5. The van der Waals surface area contributed by atoms with Crippen LogP contribution in [0.3, 0.4) is 0 Å². The lowest BCUT2D eigenvalue weighted by Crippen LogP contribution is -2.40. The van der Waals surface area contributed by atoms with Gasteiger partial charge in [-0.25, -0.2) is 4.79 Å². The fraction of sp³-hybridized carbons (Fsp3) is 0.364. The number of carbonyl (C=O) groups excluding carboxylic acids is 4. The van der Waals surface area contributed by atoms with Gasteiger partial charge in [0.1, 0.15) is 5.75 Å². The summed E-state index contributed by atoms with van der Waals surface area (Å²) in [5.74, 6) is -1.45. The Kier molecular flexibility index (Phi) is 6.74. The molecule has 1 aromatic carbocycles. The second-order valence-electron chi connectivity index (χ2n) is 6.98. The number of anilines is 1. The zero-order valence-electron chi connectivity index (χ0n) is 17.6. The summed E-state index contributed by atoms with van der Waals surface area (Å²) < 4.78 is 15.5. The number of amides is 1. The zero-order chi connectivity index (χ0) is 22.5. The number of H-pyrrole nitrogens is 1. The average molecular weight is 428 g/mol. The Morgan fingerprint density at radius 2 is 1.81 bits per heavy atom. The lowest BCUT2D eigenvalue weighted by molar-refractivity contribution is -0.142. The van der Waals surface area contributed by atoms with Crippen LogP contribution in [0.4, 0.5) is 5.69 Å². The van der Waals surface area contributed by atoms with Crippen LogP contribution in [0.1, 0.15) is 45.4 Å². The van der Waals surface area contributed by atoms with E-state index in [4.69, 9.17) is 14.2 Å². The van der Waals surface area contributed by atoms with Crippen LogP contribution in [0.15, 0.2) is 24.3 Å². The van der Waals surface area contributed by atoms with Crippen LogP contribution >= 0.6 is 0 Å². The molecule has 0 spiro atoms. The molecule has 1 N–H and O–H groups in total. The molecule has 1 aromatic heterocycles. The summed E-state index contributed by atoms with van der Waals surface area (Å²) in [7, 11) is 0. The van der Waals surface area contributed by atoms with Gasteiger partial charge in [-0.05, 0) is 32.9 Å². The van der Waals surface area contributed by atoms with Gasteiger partial charge in [0, 0.05) is 17.9 Å². The number of para-hydroxylation sites is 2. The van der Waals surface area contributed by atoms with Crippen molar-refractivity contribution in [1.29, 1.82) is 0 Å². The van der Waals surface area contributed by atoms with Gasteiger partial charge in [-0.15, -0.1) is 0 Å². The largest absolute Gasteiger partial charge is 0.482 e. The average Bonchev–Trinajstić information content (AvgIpc) is 3.05. The van der Waals surface area contributed by atoms with Crippen LogP contribution < -0.4 is 9.64 Å². The highest BCUT2D eigenvalue weighted by Crippen LogP contribution is 2.31. The first-order chi connectivity index (χ1) is 14.8. The number of esters is 2. The van der Waals surface area contributed by atoms with Crippen molar-refractivity contribution in [2.75, 3.05) is 31.3 Å². The summed E-state index contributed by atoms with van der Waals surface area (Å²) >= 11 is 0. The normalized spacial score (nSPS) is 12.7. The Morgan fingerprint density at radius 3 is 2.55 bits per heavy atom. The minimum atomic E-state index is -0.632. The standard InChI is InChI=1S/C22H24N2O7/c1-4-29-22(28)21-14(3)23-13(2)20(21)16(25)11-31-19(27)9-10-24-15-7-5-6-8-17(15)30-12-18(24)26/h5-8,23H,4,9-12H2,1-3H3. The number of ketones is 1. The maximum Gasteiger partial charge on any atom is 0.340 e. The van der Waals surface area contributed by atoms with Crippen LogP contribution in [0.25, 0.3) is 0 Å². The minimum Gasteiger partial charge on any atom is -0.482 e. The third-order valence-corrected chi connectivity index (χ3v) is 4.85. The van der Waals surface area contributed by atoms with Crippen molar-refractivity contribution in [2.24, 2.45) is 0 Å². The fourth-order valence-corrected chi connectivity index (χ4v) is 3.48. The molecule has 0 atom stereocenters. The Bertz CT molecular complexity index is 1020. The summed E-state index contributed by atoms with van der Waals surface area (Å²) in [6.45, 7) is 4.65. The smallest absolute Gasteiger partial charge is 0.340 e. The van der Waals surface area contributed by atoms with E-state index in [0.29, 0.717) is 22.8 Å². The van der Waals surface area contributed by atoms with Crippen molar-refractivity contribution in [1.82, 2.24) is 4.98 Å². The van der Waals surface area contributed by atoms with Gasteiger partial charge in [0.25, 0.3) is 5.91 Å². The molecule has 0 saturated carbocycles. The molecule has 2 heterocycles. The number of fused-ring (bicyclic) bond motifs is 1. The van der Waals surface area contributed by atoms with Crippen molar-refractivity contribution in [3.05, 3.63) is 46.8 Å². The maximum atomic E-state index is 12.6. The first kappa shape index (κ1) is 22.1. The molecular formula is C22H24N2O7. The Labute approximate surface area is 179 Å². The summed E-state index contributed by atoms with van der Waals surface area (Å²) in [4.78, 5) is 53.6. The van der Waals surface area contributed by atoms with Gasteiger partial charge in [-0.2, -0.15) is 0 Å². The third-order valence-electron chi connectivity index (χ3n) is 4.85. The number of carbonyl (C=O) groups is 4. The lowest BCUT2D eigenvalue weighted by Gasteiger charge is -2.28. The van der Waals surface area contributed by atoms with E-state index in [1.165, 1.54) is 4.90 Å². The van der Waals surface area contributed by atoms with Crippen LogP contribution in [-0.2, 0) is 19.1 Å². The number of aromatic nitrogens is 1.